The van der Waals surface area contributed by atoms with Crippen molar-refractivity contribution < 1.29 is 4.52 Å². The molecule has 0 spiro atoms. The Labute approximate surface area is 144 Å². The summed E-state index contributed by atoms with van der Waals surface area (Å²) in [5.41, 5.74) is 0. The van der Waals surface area contributed by atoms with Crippen LogP contribution < -0.4 is 5.32 Å². The summed E-state index contributed by atoms with van der Waals surface area (Å²) >= 11 is 1.62. The van der Waals surface area contributed by atoms with Gasteiger partial charge in [-0.3, -0.25) is 0 Å². The second kappa shape index (κ2) is 6.82. The number of hydrogen-bond acceptors (Lipinski definition) is 7. The molecule has 1 N–H and O–H groups in total. The lowest BCUT2D eigenvalue weighted by atomic mass is 10.1. The Morgan fingerprint density at radius 3 is 3.25 bits per heavy atom. The molecule has 0 saturated heterocycles. The number of aryl methyl sites for hydroxylation is 3. The summed E-state index contributed by atoms with van der Waals surface area (Å²) in [6.45, 7) is 3.78. The molecule has 0 saturated carbocycles. The van der Waals surface area contributed by atoms with Crippen LogP contribution in [0.5, 0.6) is 0 Å². The van der Waals surface area contributed by atoms with Gasteiger partial charge in [-0.25, -0.2) is 9.67 Å². The highest BCUT2D eigenvalue weighted by atomic mass is 32.1. The predicted molar refractivity (Wildman–Crippen MR) is 90.8 cm³/mol. The molecule has 126 valence electrons. The summed E-state index contributed by atoms with van der Waals surface area (Å²) in [4.78, 5) is 9.94. The third-order valence-corrected chi connectivity index (χ3v) is 5.04. The lowest BCUT2D eigenvalue weighted by Gasteiger charge is -2.23. The summed E-state index contributed by atoms with van der Waals surface area (Å²) in [6.07, 6.45) is 3.88. The third kappa shape index (κ3) is 3.39. The van der Waals surface area contributed by atoms with Crippen LogP contribution in [0, 0.1) is 6.92 Å². The maximum absolute atomic E-state index is 5.33. The molecule has 0 amide bonds. The number of aromatic nitrogens is 5. The number of nitrogens with one attached hydrogen (secondary N) is 1. The molecular formula is C16H20N6OS. The van der Waals surface area contributed by atoms with E-state index in [-0.39, 0.29) is 0 Å². The van der Waals surface area contributed by atoms with E-state index in [0.29, 0.717) is 17.8 Å². The molecule has 0 unspecified atom stereocenters. The molecule has 8 heteroatoms. The van der Waals surface area contributed by atoms with Crippen molar-refractivity contribution in [2.45, 2.75) is 45.2 Å². The first-order chi connectivity index (χ1) is 11.8. The Hall–Kier alpha value is -2.06. The van der Waals surface area contributed by atoms with Crippen LogP contribution in [0.25, 0.3) is 10.7 Å². The van der Waals surface area contributed by atoms with Gasteiger partial charge in [0.15, 0.2) is 0 Å². The van der Waals surface area contributed by atoms with Gasteiger partial charge < -0.3 is 9.84 Å². The lowest BCUT2D eigenvalue weighted by Crippen LogP contribution is -2.38. The number of nitrogens with zero attached hydrogens (tertiary/aromatic N) is 5. The lowest BCUT2D eigenvalue weighted by molar-refractivity contribution is 0.348. The minimum absolute atomic E-state index is 0.461. The van der Waals surface area contributed by atoms with Gasteiger partial charge in [0.25, 0.3) is 0 Å². The standard InChI is InChI=1S/C16H20N6OS/c1-11-18-14-7-6-12(10-22(14)20-11)17-8-2-5-15-19-16(21-23-15)13-4-3-9-24-13/h3-4,9,12,17H,2,5-8,10H2,1H3/t12-/m0/s1. The van der Waals surface area contributed by atoms with Gasteiger partial charge in [0.05, 0.1) is 11.4 Å². The van der Waals surface area contributed by atoms with E-state index in [2.05, 4.69) is 25.5 Å². The van der Waals surface area contributed by atoms with Crippen LogP contribution in [0.2, 0.25) is 0 Å². The van der Waals surface area contributed by atoms with Crippen molar-refractivity contribution in [2.75, 3.05) is 6.54 Å². The van der Waals surface area contributed by atoms with E-state index >= 15 is 0 Å². The molecule has 0 bridgehead atoms. The monoisotopic (exact) mass is 344 g/mol. The van der Waals surface area contributed by atoms with Crippen molar-refractivity contribution in [3.8, 4) is 10.7 Å². The molecule has 4 rings (SSSR count). The van der Waals surface area contributed by atoms with E-state index in [0.717, 1.165) is 55.3 Å². The molecule has 3 aromatic rings. The summed E-state index contributed by atoms with van der Waals surface area (Å²) in [7, 11) is 0. The molecule has 3 aromatic heterocycles. The maximum atomic E-state index is 5.33. The topological polar surface area (TPSA) is 81.7 Å². The molecule has 1 aliphatic heterocycles. The molecule has 0 fully saturated rings. The van der Waals surface area contributed by atoms with Crippen molar-refractivity contribution in [1.82, 2.24) is 30.2 Å². The highest BCUT2D eigenvalue weighted by molar-refractivity contribution is 7.13. The SMILES string of the molecule is Cc1nc2n(n1)C[C@@H](NCCCc1nc(-c3cccs3)no1)CC2. The minimum Gasteiger partial charge on any atom is -0.339 e. The molecule has 1 aliphatic rings. The highest BCUT2D eigenvalue weighted by Gasteiger charge is 2.20. The second-order valence-corrected chi connectivity index (χ2v) is 6.99. The summed E-state index contributed by atoms with van der Waals surface area (Å²) in [5.74, 6) is 3.37. The van der Waals surface area contributed by atoms with Gasteiger partial charge >= 0.3 is 0 Å². The fourth-order valence-corrected chi connectivity index (χ4v) is 3.66. The van der Waals surface area contributed by atoms with Crippen LogP contribution in [-0.2, 0) is 19.4 Å². The molecule has 24 heavy (non-hydrogen) atoms. The zero-order chi connectivity index (χ0) is 16.4. The molecule has 4 heterocycles. The summed E-state index contributed by atoms with van der Waals surface area (Å²) in [6, 6.07) is 4.46. The first kappa shape index (κ1) is 15.5. The largest absolute Gasteiger partial charge is 0.339 e. The van der Waals surface area contributed by atoms with Gasteiger partial charge in [-0.15, -0.1) is 11.3 Å². The van der Waals surface area contributed by atoms with Gasteiger partial charge in [0, 0.05) is 18.9 Å². The zero-order valence-corrected chi connectivity index (χ0v) is 14.4. The first-order valence-corrected chi connectivity index (χ1v) is 9.16. The predicted octanol–water partition coefficient (Wildman–Crippen LogP) is 2.24. The van der Waals surface area contributed by atoms with Crippen molar-refractivity contribution in [2.24, 2.45) is 0 Å². The van der Waals surface area contributed by atoms with Crippen LogP contribution in [0.15, 0.2) is 22.0 Å². The number of fused-ring (bicyclic) bond motifs is 1. The number of thiophene rings is 1. The maximum Gasteiger partial charge on any atom is 0.227 e. The molecule has 0 aliphatic carbocycles. The summed E-state index contributed by atoms with van der Waals surface area (Å²) < 4.78 is 7.35. The molecule has 1 atom stereocenters. The Kier molecular flexibility index (Phi) is 4.40. The fourth-order valence-electron chi connectivity index (χ4n) is 3.01. The van der Waals surface area contributed by atoms with E-state index in [4.69, 9.17) is 4.52 Å². The first-order valence-electron chi connectivity index (χ1n) is 8.28. The Bertz CT molecular complexity index is 793. The number of rotatable bonds is 6. The second-order valence-electron chi connectivity index (χ2n) is 6.04. The Balaban J connectivity index is 1.23. The van der Waals surface area contributed by atoms with E-state index < -0.39 is 0 Å². The van der Waals surface area contributed by atoms with E-state index in [9.17, 15) is 0 Å². The van der Waals surface area contributed by atoms with Crippen LogP contribution in [0.1, 0.15) is 30.4 Å². The number of hydrogen-bond donors (Lipinski definition) is 1. The van der Waals surface area contributed by atoms with Gasteiger partial charge in [0.2, 0.25) is 11.7 Å². The minimum atomic E-state index is 0.461. The van der Waals surface area contributed by atoms with E-state index in [1.54, 1.807) is 11.3 Å². The van der Waals surface area contributed by atoms with Crippen molar-refractivity contribution in [1.29, 1.82) is 0 Å². The van der Waals surface area contributed by atoms with Crippen LogP contribution >= 0.6 is 11.3 Å². The van der Waals surface area contributed by atoms with E-state index in [1.165, 1.54) is 0 Å². The average Bonchev–Trinajstić information content (AvgIpc) is 3.30. The van der Waals surface area contributed by atoms with Crippen molar-refractivity contribution in [3.63, 3.8) is 0 Å². The van der Waals surface area contributed by atoms with E-state index in [1.807, 2.05) is 29.1 Å². The van der Waals surface area contributed by atoms with Crippen LogP contribution in [-0.4, -0.2) is 37.5 Å². The Morgan fingerprint density at radius 2 is 2.38 bits per heavy atom. The van der Waals surface area contributed by atoms with Crippen LogP contribution in [0.4, 0.5) is 0 Å². The van der Waals surface area contributed by atoms with Gasteiger partial charge in [0.1, 0.15) is 11.6 Å². The van der Waals surface area contributed by atoms with Crippen molar-refractivity contribution in [3.05, 3.63) is 35.1 Å². The fraction of sp³-hybridized carbons (Fsp3) is 0.500. The van der Waals surface area contributed by atoms with Gasteiger partial charge in [-0.2, -0.15) is 10.1 Å². The third-order valence-electron chi connectivity index (χ3n) is 4.17. The molecule has 0 aromatic carbocycles. The average molecular weight is 344 g/mol. The van der Waals surface area contributed by atoms with Crippen LogP contribution in [0.3, 0.4) is 0 Å². The Morgan fingerprint density at radius 1 is 1.42 bits per heavy atom. The van der Waals surface area contributed by atoms with Gasteiger partial charge in [-0.1, -0.05) is 11.2 Å². The molecular weight excluding hydrogens is 324 g/mol. The van der Waals surface area contributed by atoms with Gasteiger partial charge in [-0.05, 0) is 37.8 Å². The normalized spacial score (nSPS) is 17.1. The summed E-state index contributed by atoms with van der Waals surface area (Å²) in [5, 5.41) is 14.1. The highest BCUT2D eigenvalue weighted by Crippen LogP contribution is 2.21. The quantitative estimate of drug-likeness (QED) is 0.691. The van der Waals surface area contributed by atoms with Crippen molar-refractivity contribution >= 4 is 11.3 Å². The molecule has 7 nitrogen and oxygen atoms in total. The molecule has 0 radical (unpaired) electrons. The zero-order valence-electron chi connectivity index (χ0n) is 13.6. The smallest absolute Gasteiger partial charge is 0.227 e.